The van der Waals surface area contributed by atoms with Crippen LogP contribution in [-0.4, -0.2) is 25.4 Å². The number of nitrogens with zero attached hydrogens (tertiary/aromatic N) is 3. The Bertz CT molecular complexity index is 197. The van der Waals surface area contributed by atoms with E-state index in [2.05, 4.69) is 15.0 Å². The van der Waals surface area contributed by atoms with Crippen molar-refractivity contribution in [2.24, 2.45) is 0 Å². The van der Waals surface area contributed by atoms with Crippen LogP contribution in [0.3, 0.4) is 0 Å². The molecule has 0 bridgehead atoms. The first-order valence-corrected chi connectivity index (χ1v) is 2.36. The lowest BCUT2D eigenvalue weighted by Gasteiger charge is -1.96. The Kier molecular flexibility index (Phi) is 1.92. The van der Waals surface area contributed by atoms with Crippen LogP contribution in [0.4, 0.5) is 11.9 Å². The van der Waals surface area contributed by atoms with Gasteiger partial charge in [-0.25, -0.2) is 11.0 Å². The van der Waals surface area contributed by atoms with Crippen molar-refractivity contribution in [3.8, 4) is 0 Å². The average molecular weight is 143 g/mol. The predicted molar refractivity (Wildman–Crippen MR) is 30.6 cm³/mol. The largest absolute Gasteiger partial charge is 0.288 e. The first kappa shape index (κ1) is 6.65. The molecule has 1 aromatic heterocycles. The monoisotopic (exact) mass is 143 g/mol. The fourth-order valence-electron chi connectivity index (χ4n) is 0.404. The highest BCUT2D eigenvalue weighted by Crippen LogP contribution is 1.97. The summed E-state index contributed by atoms with van der Waals surface area (Å²) in [5.41, 5.74) is 3.38. The Morgan fingerprint density at radius 3 is 2.00 bits per heavy atom. The summed E-state index contributed by atoms with van der Waals surface area (Å²) < 4.78 is 0. The maximum Gasteiger partial charge on any atom is 0.251 e. The summed E-state index contributed by atoms with van der Waals surface area (Å²) in [6.07, 6.45) is 1.13. The zero-order chi connectivity index (χ0) is 7.40. The fraction of sp³-hybridized carbons (Fsp3) is 0. The van der Waals surface area contributed by atoms with E-state index in [-0.39, 0.29) is 11.9 Å². The van der Waals surface area contributed by atoms with E-state index >= 15 is 0 Å². The van der Waals surface area contributed by atoms with Gasteiger partial charge in [0.25, 0.3) is 11.9 Å². The van der Waals surface area contributed by atoms with Gasteiger partial charge in [-0.05, 0) is 0 Å². The van der Waals surface area contributed by atoms with Gasteiger partial charge in [0.05, 0.1) is 0 Å². The first-order valence-electron chi connectivity index (χ1n) is 2.36. The maximum atomic E-state index is 8.25. The fourth-order valence-corrected chi connectivity index (χ4v) is 0.404. The molecular weight excluding hydrogens is 138 g/mol. The first-order chi connectivity index (χ1) is 4.86. The molecule has 0 spiro atoms. The minimum absolute atomic E-state index is 0.0356. The molecule has 0 saturated carbocycles. The summed E-state index contributed by atoms with van der Waals surface area (Å²) in [7, 11) is 0. The third kappa shape index (κ3) is 1.27. The smallest absolute Gasteiger partial charge is 0.251 e. The number of hydrogen-bond donors (Lipinski definition) is 4. The molecule has 10 heavy (non-hydrogen) atoms. The lowest BCUT2D eigenvalue weighted by Crippen LogP contribution is -2.02. The Morgan fingerprint density at radius 1 is 1.10 bits per heavy atom. The second kappa shape index (κ2) is 2.90. The summed E-state index contributed by atoms with van der Waals surface area (Å²) in [6, 6.07) is 0. The Hall–Kier alpha value is -1.47. The Balaban J connectivity index is 2.87. The van der Waals surface area contributed by atoms with Gasteiger partial charge in [-0.1, -0.05) is 0 Å². The predicted octanol–water partition coefficient (Wildman–Crippen LogP) is -0.526. The van der Waals surface area contributed by atoms with Crippen LogP contribution in [0.1, 0.15) is 0 Å². The van der Waals surface area contributed by atoms with Gasteiger partial charge in [-0.15, -0.1) is 0 Å². The summed E-state index contributed by atoms with van der Waals surface area (Å²) in [4.78, 5) is 10.4. The highest BCUT2D eigenvalue weighted by Gasteiger charge is 1.94. The van der Waals surface area contributed by atoms with Crippen molar-refractivity contribution in [1.82, 2.24) is 15.0 Å². The van der Waals surface area contributed by atoms with E-state index in [1.807, 2.05) is 0 Å². The molecule has 7 heteroatoms. The zero-order valence-electron chi connectivity index (χ0n) is 4.81. The molecule has 0 aromatic carbocycles. The molecule has 4 N–H and O–H groups in total. The molecule has 1 heterocycles. The molecule has 1 aromatic rings. The van der Waals surface area contributed by atoms with Gasteiger partial charge in [-0.3, -0.25) is 10.4 Å². The molecule has 54 valence electrons. The van der Waals surface area contributed by atoms with E-state index in [0.29, 0.717) is 0 Å². The quantitative estimate of drug-likeness (QED) is 0.413. The number of anilines is 2. The molecule has 0 aliphatic rings. The third-order valence-electron chi connectivity index (χ3n) is 0.772. The topological polar surface area (TPSA) is 103 Å². The molecule has 1 rings (SSSR count). The van der Waals surface area contributed by atoms with Crippen molar-refractivity contribution in [2.75, 3.05) is 11.0 Å². The van der Waals surface area contributed by atoms with Crippen LogP contribution in [0.5, 0.6) is 0 Å². The van der Waals surface area contributed by atoms with Crippen LogP contribution in [0.15, 0.2) is 6.33 Å². The van der Waals surface area contributed by atoms with Gasteiger partial charge >= 0.3 is 0 Å². The van der Waals surface area contributed by atoms with Crippen LogP contribution < -0.4 is 11.0 Å². The normalized spacial score (nSPS) is 9.00. The molecule has 0 atom stereocenters. The van der Waals surface area contributed by atoms with Crippen LogP contribution in [0, 0.1) is 0 Å². The van der Waals surface area contributed by atoms with Gasteiger partial charge in [0.1, 0.15) is 6.33 Å². The molecule has 0 amide bonds. The standard InChI is InChI=1S/C3H5N5O2/c9-7-2-4-1-5-3(6-2)8-10/h1,9-10H,(H2,4,5,6,7,8). The molecule has 0 aliphatic carbocycles. The van der Waals surface area contributed by atoms with Gasteiger partial charge in [0.2, 0.25) is 0 Å². The van der Waals surface area contributed by atoms with Crippen LogP contribution in [-0.2, 0) is 0 Å². The zero-order valence-corrected chi connectivity index (χ0v) is 4.81. The van der Waals surface area contributed by atoms with E-state index in [1.165, 1.54) is 0 Å². The molecule has 0 fully saturated rings. The number of hydrogen-bond acceptors (Lipinski definition) is 7. The molecule has 7 nitrogen and oxygen atoms in total. The number of aromatic nitrogens is 3. The van der Waals surface area contributed by atoms with E-state index < -0.39 is 0 Å². The maximum absolute atomic E-state index is 8.25. The minimum Gasteiger partial charge on any atom is -0.288 e. The van der Waals surface area contributed by atoms with Crippen molar-refractivity contribution in [2.45, 2.75) is 0 Å². The SMILES string of the molecule is ONc1ncnc(NO)n1. The molecule has 0 aliphatic heterocycles. The number of rotatable bonds is 2. The van der Waals surface area contributed by atoms with E-state index in [1.54, 1.807) is 11.0 Å². The van der Waals surface area contributed by atoms with E-state index in [9.17, 15) is 0 Å². The van der Waals surface area contributed by atoms with Crippen molar-refractivity contribution >= 4 is 11.9 Å². The Morgan fingerprint density at radius 2 is 1.60 bits per heavy atom. The molecule has 0 unspecified atom stereocenters. The van der Waals surface area contributed by atoms with Gasteiger partial charge in [-0.2, -0.15) is 15.0 Å². The van der Waals surface area contributed by atoms with Gasteiger partial charge < -0.3 is 0 Å². The lowest BCUT2D eigenvalue weighted by molar-refractivity contribution is 0.374. The second-order valence-electron chi connectivity index (χ2n) is 1.36. The minimum atomic E-state index is -0.0356. The lowest BCUT2D eigenvalue weighted by atomic mass is 10.9. The summed E-state index contributed by atoms with van der Waals surface area (Å²) in [5, 5.41) is 16.5. The molecule has 0 saturated heterocycles. The Labute approximate surface area is 55.7 Å². The van der Waals surface area contributed by atoms with Crippen LogP contribution in [0.2, 0.25) is 0 Å². The highest BCUT2D eigenvalue weighted by molar-refractivity contribution is 5.28. The van der Waals surface area contributed by atoms with Gasteiger partial charge in [0, 0.05) is 0 Å². The van der Waals surface area contributed by atoms with Crippen LogP contribution >= 0.6 is 0 Å². The number of nitrogens with one attached hydrogen (secondary N) is 2. The summed E-state index contributed by atoms with van der Waals surface area (Å²) in [6.45, 7) is 0. The highest BCUT2D eigenvalue weighted by atomic mass is 16.5. The summed E-state index contributed by atoms with van der Waals surface area (Å²) in [5.74, 6) is -0.0712. The third-order valence-corrected chi connectivity index (χ3v) is 0.772. The molecule has 0 radical (unpaired) electrons. The van der Waals surface area contributed by atoms with Crippen molar-refractivity contribution in [1.29, 1.82) is 0 Å². The van der Waals surface area contributed by atoms with E-state index in [0.717, 1.165) is 6.33 Å². The van der Waals surface area contributed by atoms with E-state index in [4.69, 9.17) is 10.4 Å². The average Bonchev–Trinajstić information content (AvgIpc) is 2.05. The van der Waals surface area contributed by atoms with Crippen LogP contribution in [0.25, 0.3) is 0 Å². The summed E-state index contributed by atoms with van der Waals surface area (Å²) >= 11 is 0. The van der Waals surface area contributed by atoms with Crippen molar-refractivity contribution in [3.05, 3.63) is 6.33 Å². The second-order valence-corrected chi connectivity index (χ2v) is 1.36. The van der Waals surface area contributed by atoms with Gasteiger partial charge in [0.15, 0.2) is 0 Å². The molecular formula is C3H5N5O2. The van der Waals surface area contributed by atoms with Crippen molar-refractivity contribution in [3.63, 3.8) is 0 Å². The van der Waals surface area contributed by atoms with Crippen molar-refractivity contribution < 1.29 is 10.4 Å².